The highest BCUT2D eigenvalue weighted by Crippen LogP contribution is 2.38. The summed E-state index contributed by atoms with van der Waals surface area (Å²) >= 11 is 0. The third-order valence-electron chi connectivity index (χ3n) is 10.1. The summed E-state index contributed by atoms with van der Waals surface area (Å²) in [6.07, 6.45) is 8.80. The number of aryl methyl sites for hydroxylation is 5. The predicted molar refractivity (Wildman–Crippen MR) is 237 cm³/mol. The van der Waals surface area contributed by atoms with Gasteiger partial charge in [0.25, 0.3) is 0 Å². The molecule has 0 saturated heterocycles. The van der Waals surface area contributed by atoms with Crippen LogP contribution in [0.2, 0.25) is 0 Å². The molecule has 0 heterocycles. The van der Waals surface area contributed by atoms with Gasteiger partial charge in [-0.05, 0) is 153 Å². The molecule has 272 valence electrons. The summed E-state index contributed by atoms with van der Waals surface area (Å²) in [6.45, 7) is 10.7. The normalized spacial score (nSPS) is 11.3. The van der Waals surface area contributed by atoms with Gasteiger partial charge in [-0.15, -0.1) is 0 Å². The molecule has 0 fully saturated rings. The first kappa shape index (κ1) is 36.8. The Morgan fingerprint density at radius 1 is 0.345 bits per heavy atom. The fraction of sp³-hybridized carbons (Fsp3) is 0.115. The molecular weight excluding hydrogens is 669 g/mol. The summed E-state index contributed by atoms with van der Waals surface area (Å²) in [5.74, 6) is 0.842. The highest BCUT2D eigenvalue weighted by molar-refractivity contribution is 5.81. The molecule has 0 aliphatic carbocycles. The van der Waals surface area contributed by atoms with E-state index in [0.29, 0.717) is 0 Å². The summed E-state index contributed by atoms with van der Waals surface area (Å²) in [5, 5.41) is 0. The van der Waals surface area contributed by atoms with Crippen LogP contribution in [0.3, 0.4) is 0 Å². The molecule has 3 heteroatoms. The van der Waals surface area contributed by atoms with Gasteiger partial charge in [0.15, 0.2) is 0 Å². The Bertz CT molecular complexity index is 2380. The van der Waals surface area contributed by atoms with Crippen LogP contribution in [-0.2, 0) is 0 Å². The van der Waals surface area contributed by atoms with Crippen molar-refractivity contribution < 1.29 is 4.74 Å². The second-order valence-electron chi connectivity index (χ2n) is 14.3. The number of methoxy groups -OCH3 is 1. The van der Waals surface area contributed by atoms with Crippen molar-refractivity contribution in [3.05, 3.63) is 208 Å². The summed E-state index contributed by atoms with van der Waals surface area (Å²) in [6, 6.07) is 56.4. The van der Waals surface area contributed by atoms with Gasteiger partial charge in [-0.2, -0.15) is 0 Å². The number of hydrogen-bond donors (Lipinski definition) is 0. The molecule has 0 atom stereocenters. The fourth-order valence-electron chi connectivity index (χ4n) is 6.77. The Morgan fingerprint density at radius 3 is 0.964 bits per heavy atom. The Hall–Kier alpha value is -6.58. The van der Waals surface area contributed by atoms with E-state index in [1.807, 2.05) is 12.1 Å². The molecule has 0 N–H and O–H groups in total. The lowest BCUT2D eigenvalue weighted by molar-refractivity contribution is 0.415. The van der Waals surface area contributed by atoms with Crippen molar-refractivity contribution in [2.24, 2.45) is 0 Å². The molecule has 0 aliphatic heterocycles. The quantitative estimate of drug-likeness (QED) is 0.124. The van der Waals surface area contributed by atoms with Crippen LogP contribution in [0.1, 0.15) is 50.1 Å². The van der Waals surface area contributed by atoms with Crippen molar-refractivity contribution in [2.75, 3.05) is 16.9 Å². The van der Waals surface area contributed by atoms with Gasteiger partial charge in [0, 0.05) is 34.1 Å². The van der Waals surface area contributed by atoms with E-state index >= 15 is 0 Å². The number of benzene rings is 7. The van der Waals surface area contributed by atoms with Gasteiger partial charge in [-0.25, -0.2) is 0 Å². The largest absolute Gasteiger partial charge is 0.497 e. The lowest BCUT2D eigenvalue weighted by Crippen LogP contribution is -2.10. The average Bonchev–Trinajstić information content (AvgIpc) is 3.20. The minimum Gasteiger partial charge on any atom is -0.497 e. The van der Waals surface area contributed by atoms with Crippen LogP contribution < -0.4 is 14.5 Å². The van der Waals surface area contributed by atoms with E-state index in [1.54, 1.807) is 7.11 Å². The second-order valence-corrected chi connectivity index (χ2v) is 14.3. The van der Waals surface area contributed by atoms with Crippen molar-refractivity contribution in [1.29, 1.82) is 0 Å². The van der Waals surface area contributed by atoms with Crippen molar-refractivity contribution in [3.63, 3.8) is 0 Å². The van der Waals surface area contributed by atoms with Crippen LogP contribution in [-0.4, -0.2) is 7.11 Å². The maximum Gasteiger partial charge on any atom is 0.119 e. The van der Waals surface area contributed by atoms with E-state index in [9.17, 15) is 0 Å². The zero-order valence-corrected chi connectivity index (χ0v) is 32.6. The molecule has 55 heavy (non-hydrogen) atoms. The third kappa shape index (κ3) is 8.80. The minimum absolute atomic E-state index is 0.842. The van der Waals surface area contributed by atoms with Gasteiger partial charge >= 0.3 is 0 Å². The predicted octanol–water partition coefficient (Wildman–Crippen LogP) is 14.5. The van der Waals surface area contributed by atoms with Gasteiger partial charge < -0.3 is 14.5 Å². The maximum atomic E-state index is 5.42. The number of hydrogen-bond acceptors (Lipinski definition) is 3. The van der Waals surface area contributed by atoms with Crippen LogP contribution in [0.5, 0.6) is 5.75 Å². The average molecular weight is 717 g/mol. The van der Waals surface area contributed by atoms with E-state index in [0.717, 1.165) is 51.0 Å². The first-order chi connectivity index (χ1) is 26.7. The molecule has 0 radical (unpaired) electrons. The molecule has 0 bridgehead atoms. The maximum absolute atomic E-state index is 5.42. The van der Waals surface area contributed by atoms with Crippen molar-refractivity contribution >= 4 is 58.4 Å². The van der Waals surface area contributed by atoms with Crippen LogP contribution in [0.25, 0.3) is 24.3 Å². The number of rotatable bonds is 11. The lowest BCUT2D eigenvalue weighted by Gasteiger charge is -2.26. The van der Waals surface area contributed by atoms with Crippen molar-refractivity contribution in [1.82, 2.24) is 0 Å². The number of anilines is 6. The van der Waals surface area contributed by atoms with Gasteiger partial charge in [0.2, 0.25) is 0 Å². The summed E-state index contributed by atoms with van der Waals surface area (Å²) < 4.78 is 5.42. The second kappa shape index (κ2) is 16.6. The minimum atomic E-state index is 0.842. The molecule has 0 aromatic heterocycles. The molecule has 0 aliphatic rings. The van der Waals surface area contributed by atoms with Crippen LogP contribution in [0.15, 0.2) is 158 Å². The van der Waals surface area contributed by atoms with Crippen LogP contribution in [0, 0.1) is 34.6 Å². The smallest absolute Gasteiger partial charge is 0.119 e. The van der Waals surface area contributed by atoms with E-state index < -0.39 is 0 Å². The molecular formula is C52H48N2O. The van der Waals surface area contributed by atoms with Gasteiger partial charge in [-0.3, -0.25) is 0 Å². The molecule has 0 unspecified atom stereocenters. The van der Waals surface area contributed by atoms with Crippen LogP contribution >= 0.6 is 0 Å². The Labute approximate surface area is 327 Å². The fourth-order valence-corrected chi connectivity index (χ4v) is 6.77. The van der Waals surface area contributed by atoms with E-state index in [-0.39, 0.29) is 0 Å². The van der Waals surface area contributed by atoms with Gasteiger partial charge in [-0.1, -0.05) is 114 Å². The van der Waals surface area contributed by atoms with E-state index in [4.69, 9.17) is 4.74 Å². The van der Waals surface area contributed by atoms with Crippen LogP contribution in [0.4, 0.5) is 34.1 Å². The zero-order chi connectivity index (χ0) is 38.3. The van der Waals surface area contributed by atoms with Crippen molar-refractivity contribution in [3.8, 4) is 5.75 Å². The molecule has 7 aromatic carbocycles. The van der Waals surface area contributed by atoms with E-state index in [2.05, 4.69) is 214 Å². The Morgan fingerprint density at radius 2 is 0.655 bits per heavy atom. The Kier molecular flexibility index (Phi) is 11.1. The topological polar surface area (TPSA) is 15.7 Å². The van der Waals surface area contributed by atoms with Gasteiger partial charge in [0.1, 0.15) is 5.75 Å². The number of ether oxygens (including phenoxy) is 1. The first-order valence-corrected chi connectivity index (χ1v) is 18.9. The SMILES string of the molecule is COc1ccc(N(c2ccc(C)cc2)c2ccc(C=Cc3ccc(C=Cc4ccc(N(c5ccc(C)cc5)c5ccc(C)cc5)cc4C)cc3)c(C)c2)cc1. The lowest BCUT2D eigenvalue weighted by atomic mass is 10.0. The molecule has 0 saturated carbocycles. The molecule has 7 rings (SSSR count). The standard InChI is InChI=1S/C52H48N2O/c1-37-7-23-46(24-8-37)53(47-25-9-38(2)10-26-47)50-29-21-44(40(4)35-50)19-17-42-13-15-43(16-14-42)18-20-45-22-30-51(36-41(45)5)54(48-27-11-39(3)12-28-48)49-31-33-52(55-6)34-32-49/h7-36H,1-6H3. The summed E-state index contributed by atoms with van der Waals surface area (Å²) in [7, 11) is 1.70. The molecule has 0 spiro atoms. The highest BCUT2D eigenvalue weighted by atomic mass is 16.5. The molecule has 0 amide bonds. The monoisotopic (exact) mass is 716 g/mol. The zero-order valence-electron chi connectivity index (χ0n) is 32.6. The number of nitrogens with zero attached hydrogens (tertiary/aromatic N) is 2. The third-order valence-corrected chi connectivity index (χ3v) is 10.1. The van der Waals surface area contributed by atoms with Crippen molar-refractivity contribution in [2.45, 2.75) is 34.6 Å². The molecule has 7 aromatic rings. The highest BCUT2D eigenvalue weighted by Gasteiger charge is 2.15. The van der Waals surface area contributed by atoms with Gasteiger partial charge in [0.05, 0.1) is 7.11 Å². The van der Waals surface area contributed by atoms with E-state index in [1.165, 1.54) is 38.9 Å². The Balaban J connectivity index is 1.06. The first-order valence-electron chi connectivity index (χ1n) is 18.9. The summed E-state index contributed by atoms with van der Waals surface area (Å²) in [5.41, 5.74) is 17.6. The molecule has 3 nitrogen and oxygen atoms in total. The summed E-state index contributed by atoms with van der Waals surface area (Å²) in [4.78, 5) is 4.61.